The Morgan fingerprint density at radius 3 is 2.15 bits per heavy atom. The van der Waals surface area contributed by atoms with Crippen molar-refractivity contribution in [1.82, 2.24) is 9.97 Å². The van der Waals surface area contributed by atoms with Crippen molar-refractivity contribution in [3.8, 4) is 11.4 Å². The molecule has 0 saturated heterocycles. The Kier molecular flexibility index (Phi) is 2.04. The highest BCUT2D eigenvalue weighted by atomic mass is 14.9. The van der Waals surface area contributed by atoms with Crippen LogP contribution in [0.25, 0.3) is 11.4 Å². The molecule has 1 heterocycles. The number of rotatable bonds is 1. The van der Waals surface area contributed by atoms with Crippen LogP contribution >= 0.6 is 0 Å². The normalized spacial score (nSPS) is 9.92. The largest absolute Gasteiger partial charge is 0.236 e. The number of hydrogen-bond acceptors (Lipinski definition) is 2. The molecule has 0 N–H and O–H groups in total. The summed E-state index contributed by atoms with van der Waals surface area (Å²) in [4.78, 5) is 8.47. The Bertz CT molecular complexity index is 379. The first kappa shape index (κ1) is 7.92. The van der Waals surface area contributed by atoms with E-state index in [9.17, 15) is 0 Å². The van der Waals surface area contributed by atoms with Crippen molar-refractivity contribution in [3.63, 3.8) is 0 Å². The van der Waals surface area contributed by atoms with Crippen molar-refractivity contribution in [2.45, 2.75) is 6.92 Å². The minimum absolute atomic E-state index is 0.784. The molecule has 0 spiro atoms. The van der Waals surface area contributed by atoms with Crippen molar-refractivity contribution < 1.29 is 0 Å². The molecule has 0 unspecified atom stereocenters. The minimum Gasteiger partial charge on any atom is -0.236 e. The number of aryl methyl sites for hydroxylation is 1. The van der Waals surface area contributed by atoms with Crippen LogP contribution in [0.5, 0.6) is 0 Å². The minimum atomic E-state index is 0.784. The van der Waals surface area contributed by atoms with Crippen molar-refractivity contribution in [3.05, 3.63) is 48.3 Å². The Morgan fingerprint density at radius 2 is 1.54 bits per heavy atom. The number of aromatic nitrogens is 2. The van der Waals surface area contributed by atoms with Gasteiger partial charge in [0.05, 0.1) is 0 Å². The SMILES string of the molecule is Cc1cnc(-c2ccccc2)nc1. The van der Waals surface area contributed by atoms with Crippen LogP contribution in [0.3, 0.4) is 0 Å². The van der Waals surface area contributed by atoms with Crippen LogP contribution in [0.2, 0.25) is 0 Å². The molecule has 0 fully saturated rings. The summed E-state index contributed by atoms with van der Waals surface area (Å²) >= 11 is 0. The summed E-state index contributed by atoms with van der Waals surface area (Å²) in [6.45, 7) is 1.98. The van der Waals surface area contributed by atoms with E-state index in [-0.39, 0.29) is 0 Å². The third-order valence-electron chi connectivity index (χ3n) is 1.81. The van der Waals surface area contributed by atoms with E-state index in [1.807, 2.05) is 49.6 Å². The molecule has 13 heavy (non-hydrogen) atoms. The van der Waals surface area contributed by atoms with E-state index in [0.717, 1.165) is 17.0 Å². The summed E-state index contributed by atoms with van der Waals surface area (Å²) in [5.74, 6) is 0.784. The molecule has 2 nitrogen and oxygen atoms in total. The van der Waals surface area contributed by atoms with Crippen LogP contribution in [0, 0.1) is 6.92 Å². The molecule has 2 heteroatoms. The molecule has 0 aliphatic carbocycles. The summed E-state index contributed by atoms with van der Waals surface area (Å²) < 4.78 is 0. The smallest absolute Gasteiger partial charge is 0.159 e. The lowest BCUT2D eigenvalue weighted by atomic mass is 10.2. The van der Waals surface area contributed by atoms with Crippen molar-refractivity contribution in [2.24, 2.45) is 0 Å². The van der Waals surface area contributed by atoms with Gasteiger partial charge in [-0.05, 0) is 12.5 Å². The Labute approximate surface area is 77.3 Å². The van der Waals surface area contributed by atoms with Crippen molar-refractivity contribution >= 4 is 0 Å². The summed E-state index contributed by atoms with van der Waals surface area (Å²) in [7, 11) is 0. The summed E-state index contributed by atoms with van der Waals surface area (Å²) in [6, 6.07) is 9.96. The molecule has 1 aromatic carbocycles. The fourth-order valence-electron chi connectivity index (χ4n) is 1.13. The van der Waals surface area contributed by atoms with Crippen molar-refractivity contribution in [1.29, 1.82) is 0 Å². The first-order chi connectivity index (χ1) is 6.36. The second-order valence-corrected chi connectivity index (χ2v) is 2.95. The van der Waals surface area contributed by atoms with Gasteiger partial charge in [-0.1, -0.05) is 30.3 Å². The highest BCUT2D eigenvalue weighted by Gasteiger charge is 1.97. The maximum absolute atomic E-state index is 4.24. The van der Waals surface area contributed by atoms with Crippen LogP contribution in [-0.4, -0.2) is 9.97 Å². The average Bonchev–Trinajstić information content (AvgIpc) is 2.20. The van der Waals surface area contributed by atoms with E-state index in [2.05, 4.69) is 9.97 Å². The van der Waals surface area contributed by atoms with Crippen LogP contribution in [0.4, 0.5) is 0 Å². The molecule has 0 atom stereocenters. The van der Waals surface area contributed by atoms with Gasteiger partial charge in [0.25, 0.3) is 0 Å². The lowest BCUT2D eigenvalue weighted by molar-refractivity contribution is 1.14. The van der Waals surface area contributed by atoms with Gasteiger partial charge < -0.3 is 0 Å². The summed E-state index contributed by atoms with van der Waals surface area (Å²) in [6.07, 6.45) is 3.66. The predicted octanol–water partition coefficient (Wildman–Crippen LogP) is 2.45. The van der Waals surface area contributed by atoms with Crippen LogP contribution < -0.4 is 0 Å². The Balaban J connectivity index is 2.42. The van der Waals surface area contributed by atoms with Gasteiger partial charge in [-0.25, -0.2) is 9.97 Å². The predicted molar refractivity (Wildman–Crippen MR) is 52.2 cm³/mol. The van der Waals surface area contributed by atoms with Crippen molar-refractivity contribution in [2.75, 3.05) is 0 Å². The fraction of sp³-hybridized carbons (Fsp3) is 0.0909. The molecule has 0 aliphatic heterocycles. The van der Waals surface area contributed by atoms with Crippen LogP contribution in [-0.2, 0) is 0 Å². The second kappa shape index (κ2) is 3.35. The highest BCUT2D eigenvalue weighted by Crippen LogP contribution is 2.12. The zero-order chi connectivity index (χ0) is 9.10. The standard InChI is InChI=1S/C11H10N2/c1-9-7-12-11(13-8-9)10-5-3-2-4-6-10/h2-8H,1H3. The van der Waals surface area contributed by atoms with Gasteiger partial charge in [-0.2, -0.15) is 0 Å². The number of benzene rings is 1. The molecule has 0 bridgehead atoms. The molecule has 2 rings (SSSR count). The molecule has 2 aromatic rings. The summed E-state index contributed by atoms with van der Waals surface area (Å²) in [5, 5.41) is 0. The van der Waals surface area contributed by atoms with Gasteiger partial charge in [-0.3, -0.25) is 0 Å². The molecule has 1 aromatic heterocycles. The van der Waals surface area contributed by atoms with Gasteiger partial charge in [0.15, 0.2) is 5.82 Å². The van der Waals surface area contributed by atoms with Gasteiger partial charge in [-0.15, -0.1) is 0 Å². The molecule has 0 amide bonds. The first-order valence-corrected chi connectivity index (χ1v) is 4.20. The molecule has 0 saturated carbocycles. The van der Waals surface area contributed by atoms with Gasteiger partial charge in [0.2, 0.25) is 0 Å². The van der Waals surface area contributed by atoms with Gasteiger partial charge in [0, 0.05) is 18.0 Å². The topological polar surface area (TPSA) is 25.8 Å². The quantitative estimate of drug-likeness (QED) is 0.657. The first-order valence-electron chi connectivity index (χ1n) is 4.20. The molecule has 0 aliphatic rings. The zero-order valence-electron chi connectivity index (χ0n) is 7.44. The molecular formula is C11H10N2. The fourth-order valence-corrected chi connectivity index (χ4v) is 1.13. The Morgan fingerprint density at radius 1 is 0.923 bits per heavy atom. The Hall–Kier alpha value is -1.70. The summed E-state index contributed by atoms with van der Waals surface area (Å²) in [5.41, 5.74) is 2.14. The van der Waals surface area contributed by atoms with Crippen LogP contribution in [0.15, 0.2) is 42.7 Å². The number of hydrogen-bond donors (Lipinski definition) is 0. The van der Waals surface area contributed by atoms with E-state index in [1.54, 1.807) is 0 Å². The highest BCUT2D eigenvalue weighted by molar-refractivity contribution is 5.53. The van der Waals surface area contributed by atoms with Gasteiger partial charge in [0.1, 0.15) is 0 Å². The van der Waals surface area contributed by atoms with E-state index >= 15 is 0 Å². The lowest BCUT2D eigenvalue weighted by Crippen LogP contribution is -1.88. The van der Waals surface area contributed by atoms with Gasteiger partial charge >= 0.3 is 0 Å². The third-order valence-corrected chi connectivity index (χ3v) is 1.81. The average molecular weight is 170 g/mol. The van der Waals surface area contributed by atoms with E-state index in [4.69, 9.17) is 0 Å². The maximum atomic E-state index is 4.24. The maximum Gasteiger partial charge on any atom is 0.159 e. The lowest BCUT2D eigenvalue weighted by Gasteiger charge is -1.98. The molecular weight excluding hydrogens is 160 g/mol. The second-order valence-electron chi connectivity index (χ2n) is 2.95. The molecule has 0 radical (unpaired) electrons. The van der Waals surface area contributed by atoms with E-state index in [0.29, 0.717) is 0 Å². The van der Waals surface area contributed by atoms with E-state index in [1.165, 1.54) is 0 Å². The molecule has 64 valence electrons. The monoisotopic (exact) mass is 170 g/mol. The number of nitrogens with zero attached hydrogens (tertiary/aromatic N) is 2. The third kappa shape index (κ3) is 1.72. The zero-order valence-corrected chi connectivity index (χ0v) is 7.44. The van der Waals surface area contributed by atoms with E-state index < -0.39 is 0 Å². The van der Waals surface area contributed by atoms with Crippen LogP contribution in [0.1, 0.15) is 5.56 Å².